The van der Waals surface area contributed by atoms with Crippen molar-refractivity contribution >= 4 is 39.7 Å². The van der Waals surface area contributed by atoms with Gasteiger partial charge in [-0.05, 0) is 36.0 Å². The second-order valence-corrected chi connectivity index (χ2v) is 7.52. The number of hydrazine groups is 1. The number of aromatic nitrogens is 2. The van der Waals surface area contributed by atoms with Gasteiger partial charge in [-0.3, -0.25) is 20.4 Å². The maximum Gasteiger partial charge on any atom is 0.275 e. The van der Waals surface area contributed by atoms with E-state index in [1.807, 2.05) is 72.8 Å². The van der Waals surface area contributed by atoms with E-state index in [0.29, 0.717) is 11.8 Å². The Hall–Kier alpha value is -4.04. The fraction of sp³-hybridized carbons (Fsp3) is 0.0833. The van der Waals surface area contributed by atoms with E-state index in [1.54, 1.807) is 12.1 Å². The van der Waals surface area contributed by atoms with E-state index in [9.17, 15) is 9.59 Å². The zero-order valence-electron chi connectivity index (χ0n) is 17.1. The molecule has 0 aliphatic rings. The third-order valence-electron chi connectivity index (χ3n) is 4.80. The van der Waals surface area contributed by atoms with E-state index in [1.165, 1.54) is 4.68 Å². The number of carbonyl (C=O) groups excluding carboxylic acids is 1. The molecule has 3 N–H and O–H groups in total. The van der Waals surface area contributed by atoms with Crippen LogP contribution in [0, 0.1) is 0 Å². The van der Waals surface area contributed by atoms with Crippen molar-refractivity contribution in [3.63, 3.8) is 0 Å². The average molecular weight is 444 g/mol. The maximum absolute atomic E-state index is 12.9. The molecule has 0 unspecified atom stereocenters. The molecule has 7 nitrogen and oxygen atoms in total. The zero-order chi connectivity index (χ0) is 22.3. The van der Waals surface area contributed by atoms with E-state index >= 15 is 0 Å². The van der Waals surface area contributed by atoms with E-state index in [-0.39, 0.29) is 17.2 Å². The number of benzene rings is 3. The summed E-state index contributed by atoms with van der Waals surface area (Å²) in [6.45, 7) is -0.244. The van der Waals surface area contributed by atoms with Crippen molar-refractivity contribution < 1.29 is 4.79 Å². The minimum absolute atomic E-state index is 0.230. The lowest BCUT2D eigenvalue weighted by Gasteiger charge is -2.13. The molecule has 0 spiro atoms. The van der Waals surface area contributed by atoms with E-state index in [0.717, 1.165) is 22.3 Å². The highest BCUT2D eigenvalue weighted by Crippen LogP contribution is 2.16. The zero-order valence-corrected chi connectivity index (χ0v) is 17.9. The second kappa shape index (κ2) is 9.84. The van der Waals surface area contributed by atoms with Gasteiger partial charge < -0.3 is 5.32 Å². The van der Waals surface area contributed by atoms with Gasteiger partial charge in [0.1, 0.15) is 6.54 Å². The Morgan fingerprint density at radius 2 is 1.47 bits per heavy atom. The van der Waals surface area contributed by atoms with Crippen LogP contribution in [0.5, 0.6) is 0 Å². The SMILES string of the molecule is O=C(Cn1nc(Cc2ccccc2)c2ccccc2c1=O)NNC(=S)Nc1ccccc1. The van der Waals surface area contributed by atoms with Gasteiger partial charge in [0.05, 0.1) is 11.1 Å². The van der Waals surface area contributed by atoms with Gasteiger partial charge in [-0.25, -0.2) is 4.68 Å². The molecule has 0 radical (unpaired) electrons. The molecule has 0 aliphatic heterocycles. The molecule has 0 bridgehead atoms. The summed E-state index contributed by atoms with van der Waals surface area (Å²) in [5.74, 6) is -0.447. The first-order valence-electron chi connectivity index (χ1n) is 10.0. The van der Waals surface area contributed by atoms with Crippen molar-refractivity contribution in [1.82, 2.24) is 20.6 Å². The Balaban J connectivity index is 1.49. The van der Waals surface area contributed by atoms with E-state index < -0.39 is 5.91 Å². The Morgan fingerprint density at radius 1 is 0.844 bits per heavy atom. The van der Waals surface area contributed by atoms with Gasteiger partial charge in [-0.2, -0.15) is 5.10 Å². The molecule has 160 valence electrons. The van der Waals surface area contributed by atoms with Crippen LogP contribution in [0.25, 0.3) is 10.8 Å². The van der Waals surface area contributed by atoms with Crippen molar-refractivity contribution in [2.75, 3.05) is 5.32 Å². The number of fused-ring (bicyclic) bond motifs is 1. The number of carbonyl (C=O) groups is 1. The molecule has 1 amide bonds. The minimum atomic E-state index is -0.447. The van der Waals surface area contributed by atoms with Crippen LogP contribution in [0.15, 0.2) is 89.7 Å². The number of hydrogen-bond donors (Lipinski definition) is 3. The van der Waals surface area contributed by atoms with E-state index in [2.05, 4.69) is 21.3 Å². The predicted molar refractivity (Wildman–Crippen MR) is 129 cm³/mol. The van der Waals surface area contributed by atoms with Crippen LogP contribution in [-0.2, 0) is 17.8 Å². The van der Waals surface area contributed by atoms with Crippen molar-refractivity contribution in [3.05, 3.63) is 107 Å². The number of nitrogens with zero attached hydrogens (tertiary/aromatic N) is 2. The van der Waals surface area contributed by atoms with Gasteiger partial charge in [-0.15, -0.1) is 0 Å². The number of amides is 1. The predicted octanol–water partition coefficient (Wildman–Crippen LogP) is 3.01. The Bertz CT molecular complexity index is 1310. The number of thiocarbonyl (C=S) groups is 1. The monoisotopic (exact) mass is 443 g/mol. The highest BCUT2D eigenvalue weighted by molar-refractivity contribution is 7.80. The van der Waals surface area contributed by atoms with Gasteiger partial charge in [0.25, 0.3) is 11.5 Å². The summed E-state index contributed by atoms with van der Waals surface area (Å²) in [6, 6.07) is 26.5. The first-order chi connectivity index (χ1) is 15.6. The van der Waals surface area contributed by atoms with Gasteiger partial charge in [0.15, 0.2) is 5.11 Å². The van der Waals surface area contributed by atoms with Gasteiger partial charge in [0, 0.05) is 17.5 Å². The fourth-order valence-electron chi connectivity index (χ4n) is 3.32. The lowest BCUT2D eigenvalue weighted by Crippen LogP contribution is -2.46. The summed E-state index contributed by atoms with van der Waals surface area (Å²) in [5, 5.41) is 8.99. The van der Waals surface area contributed by atoms with Crippen LogP contribution in [0.3, 0.4) is 0 Å². The van der Waals surface area contributed by atoms with Crippen LogP contribution in [0.1, 0.15) is 11.3 Å². The average Bonchev–Trinajstić information content (AvgIpc) is 2.82. The van der Waals surface area contributed by atoms with Crippen LogP contribution >= 0.6 is 12.2 Å². The molecule has 0 fully saturated rings. The van der Waals surface area contributed by atoms with Crippen molar-refractivity contribution in [2.24, 2.45) is 0 Å². The summed E-state index contributed by atoms with van der Waals surface area (Å²) in [6.07, 6.45) is 0.548. The van der Waals surface area contributed by atoms with Gasteiger partial charge in [-0.1, -0.05) is 66.7 Å². The second-order valence-electron chi connectivity index (χ2n) is 7.11. The molecule has 1 aromatic heterocycles. The quantitative estimate of drug-likeness (QED) is 0.325. The molecule has 0 aliphatic carbocycles. The topological polar surface area (TPSA) is 88.0 Å². The maximum atomic E-state index is 12.9. The number of rotatable bonds is 5. The van der Waals surface area contributed by atoms with Crippen LogP contribution in [0.4, 0.5) is 5.69 Å². The standard InChI is InChI=1S/C24H21N5O2S/c30-22(26-27-24(32)25-18-11-5-2-6-12-18)16-29-23(31)20-14-8-7-13-19(20)21(28-29)15-17-9-3-1-4-10-17/h1-14H,15-16H2,(H,26,30)(H2,25,27,32). The van der Waals surface area contributed by atoms with Gasteiger partial charge in [0.2, 0.25) is 0 Å². The Morgan fingerprint density at radius 3 is 2.19 bits per heavy atom. The number of nitrogens with one attached hydrogen (secondary N) is 3. The van der Waals surface area contributed by atoms with Crippen molar-refractivity contribution in [1.29, 1.82) is 0 Å². The highest BCUT2D eigenvalue weighted by Gasteiger charge is 2.13. The largest absolute Gasteiger partial charge is 0.331 e. The third-order valence-corrected chi connectivity index (χ3v) is 5.00. The fourth-order valence-corrected chi connectivity index (χ4v) is 3.49. The first kappa shape index (κ1) is 21.2. The summed E-state index contributed by atoms with van der Waals surface area (Å²) in [7, 11) is 0. The summed E-state index contributed by atoms with van der Waals surface area (Å²) in [5.41, 5.74) is 7.41. The smallest absolute Gasteiger partial charge is 0.275 e. The minimum Gasteiger partial charge on any atom is -0.331 e. The third kappa shape index (κ3) is 5.16. The molecule has 3 aromatic carbocycles. The van der Waals surface area contributed by atoms with Crippen LogP contribution in [-0.4, -0.2) is 20.8 Å². The van der Waals surface area contributed by atoms with Crippen LogP contribution < -0.4 is 21.7 Å². The molecule has 32 heavy (non-hydrogen) atoms. The van der Waals surface area contributed by atoms with E-state index in [4.69, 9.17) is 12.2 Å². The first-order valence-corrected chi connectivity index (χ1v) is 10.4. The number of anilines is 1. The lowest BCUT2D eigenvalue weighted by molar-refractivity contribution is -0.122. The molecule has 1 heterocycles. The highest BCUT2D eigenvalue weighted by atomic mass is 32.1. The lowest BCUT2D eigenvalue weighted by atomic mass is 10.0. The molecular weight excluding hydrogens is 422 g/mol. The Labute approximate surface area is 190 Å². The molecule has 0 saturated carbocycles. The summed E-state index contributed by atoms with van der Waals surface area (Å²) < 4.78 is 1.19. The molecule has 4 aromatic rings. The summed E-state index contributed by atoms with van der Waals surface area (Å²) in [4.78, 5) is 25.4. The van der Waals surface area contributed by atoms with Crippen molar-refractivity contribution in [3.8, 4) is 0 Å². The van der Waals surface area contributed by atoms with Crippen molar-refractivity contribution in [2.45, 2.75) is 13.0 Å². The van der Waals surface area contributed by atoms with Gasteiger partial charge >= 0.3 is 0 Å². The molecular formula is C24H21N5O2S. The van der Waals surface area contributed by atoms with Crippen LogP contribution in [0.2, 0.25) is 0 Å². The number of hydrogen-bond acceptors (Lipinski definition) is 4. The molecule has 8 heteroatoms. The molecule has 0 saturated heterocycles. The molecule has 0 atom stereocenters. The number of para-hydroxylation sites is 1. The summed E-state index contributed by atoms with van der Waals surface area (Å²) >= 11 is 5.18. The normalized spacial score (nSPS) is 10.5. The molecule has 4 rings (SSSR count). The Kier molecular flexibility index (Phi) is 6.52.